The van der Waals surface area contributed by atoms with E-state index in [9.17, 15) is 5.11 Å². The van der Waals surface area contributed by atoms with Crippen molar-refractivity contribution in [3.63, 3.8) is 0 Å². The lowest BCUT2D eigenvalue weighted by molar-refractivity contribution is 0.184. The molecule has 112 valence electrons. The molecule has 0 fully saturated rings. The molecule has 0 atom stereocenters. The van der Waals surface area contributed by atoms with Gasteiger partial charge >= 0.3 is 0 Å². The summed E-state index contributed by atoms with van der Waals surface area (Å²) in [6, 6.07) is 10.3. The van der Waals surface area contributed by atoms with Crippen molar-refractivity contribution in [1.82, 2.24) is 4.90 Å². The SMILES string of the molecule is CC(C)(CCCN(CCO)Cc1ccccc1)C(N)=S. The molecule has 0 amide bonds. The third-order valence-corrected chi connectivity index (χ3v) is 4.16. The summed E-state index contributed by atoms with van der Waals surface area (Å²) in [6.07, 6.45) is 2.00. The lowest BCUT2D eigenvalue weighted by Crippen LogP contribution is -2.32. The number of hydrogen-bond donors (Lipinski definition) is 2. The summed E-state index contributed by atoms with van der Waals surface area (Å²) in [5, 5.41) is 9.18. The van der Waals surface area contributed by atoms with Crippen LogP contribution in [-0.4, -0.2) is 34.7 Å². The van der Waals surface area contributed by atoms with E-state index in [4.69, 9.17) is 18.0 Å². The zero-order valence-electron chi connectivity index (χ0n) is 12.5. The maximum Gasteiger partial charge on any atom is 0.0784 e. The third-order valence-electron chi connectivity index (χ3n) is 3.61. The van der Waals surface area contributed by atoms with E-state index in [0.717, 1.165) is 25.9 Å². The second-order valence-electron chi connectivity index (χ2n) is 5.84. The van der Waals surface area contributed by atoms with Crippen molar-refractivity contribution in [3.8, 4) is 0 Å². The van der Waals surface area contributed by atoms with Gasteiger partial charge in [-0.25, -0.2) is 0 Å². The van der Waals surface area contributed by atoms with Gasteiger partial charge in [0.25, 0.3) is 0 Å². The quantitative estimate of drug-likeness (QED) is 0.687. The molecule has 0 aliphatic carbocycles. The Morgan fingerprint density at radius 1 is 1.25 bits per heavy atom. The van der Waals surface area contributed by atoms with Crippen LogP contribution >= 0.6 is 12.2 Å². The highest BCUT2D eigenvalue weighted by molar-refractivity contribution is 7.80. The van der Waals surface area contributed by atoms with E-state index in [1.54, 1.807) is 0 Å². The summed E-state index contributed by atoms with van der Waals surface area (Å²) >= 11 is 5.09. The first-order valence-electron chi connectivity index (χ1n) is 7.13. The van der Waals surface area contributed by atoms with E-state index >= 15 is 0 Å². The number of nitrogens with two attached hydrogens (primary N) is 1. The Kier molecular flexibility index (Phi) is 7.13. The molecule has 0 unspecified atom stereocenters. The van der Waals surface area contributed by atoms with Gasteiger partial charge in [0.15, 0.2) is 0 Å². The molecule has 0 aliphatic rings. The Bertz CT molecular complexity index is 406. The minimum atomic E-state index is -0.0903. The lowest BCUT2D eigenvalue weighted by atomic mass is 9.88. The lowest BCUT2D eigenvalue weighted by Gasteiger charge is -2.26. The zero-order valence-corrected chi connectivity index (χ0v) is 13.3. The first kappa shape index (κ1) is 17.1. The second kappa shape index (κ2) is 8.35. The van der Waals surface area contributed by atoms with Crippen molar-refractivity contribution < 1.29 is 5.11 Å². The summed E-state index contributed by atoms with van der Waals surface area (Å²) in [5.41, 5.74) is 6.93. The number of benzene rings is 1. The summed E-state index contributed by atoms with van der Waals surface area (Å²) in [6.45, 7) is 6.87. The van der Waals surface area contributed by atoms with E-state index in [1.165, 1.54) is 5.56 Å². The van der Waals surface area contributed by atoms with Gasteiger partial charge in [-0.2, -0.15) is 0 Å². The fraction of sp³-hybridized carbons (Fsp3) is 0.562. The van der Waals surface area contributed by atoms with Gasteiger partial charge < -0.3 is 10.8 Å². The van der Waals surface area contributed by atoms with Crippen LogP contribution in [0.4, 0.5) is 0 Å². The van der Waals surface area contributed by atoms with Gasteiger partial charge in [0, 0.05) is 18.5 Å². The Hall–Kier alpha value is -0.970. The molecule has 0 saturated carbocycles. The number of hydrogen-bond acceptors (Lipinski definition) is 3. The number of rotatable bonds is 9. The number of aliphatic hydroxyl groups excluding tert-OH is 1. The van der Waals surface area contributed by atoms with Gasteiger partial charge in [0.2, 0.25) is 0 Å². The maximum atomic E-state index is 9.18. The first-order chi connectivity index (χ1) is 9.45. The highest BCUT2D eigenvalue weighted by atomic mass is 32.1. The molecule has 0 saturated heterocycles. The van der Waals surface area contributed by atoms with Crippen molar-refractivity contribution in [1.29, 1.82) is 0 Å². The molecule has 0 heterocycles. The largest absolute Gasteiger partial charge is 0.395 e. The van der Waals surface area contributed by atoms with Crippen LogP contribution in [0.15, 0.2) is 30.3 Å². The van der Waals surface area contributed by atoms with E-state index in [0.29, 0.717) is 11.5 Å². The van der Waals surface area contributed by atoms with E-state index in [1.807, 2.05) is 18.2 Å². The van der Waals surface area contributed by atoms with Crippen LogP contribution in [0, 0.1) is 5.41 Å². The minimum absolute atomic E-state index is 0.0903. The van der Waals surface area contributed by atoms with Crippen LogP contribution in [0.2, 0.25) is 0 Å². The fourth-order valence-corrected chi connectivity index (χ4v) is 2.22. The van der Waals surface area contributed by atoms with Crippen LogP contribution in [0.3, 0.4) is 0 Å². The highest BCUT2D eigenvalue weighted by Gasteiger charge is 2.21. The summed E-state index contributed by atoms with van der Waals surface area (Å²) < 4.78 is 0. The van der Waals surface area contributed by atoms with Crippen molar-refractivity contribution >= 4 is 17.2 Å². The minimum Gasteiger partial charge on any atom is -0.395 e. The van der Waals surface area contributed by atoms with E-state index in [2.05, 4.69) is 30.9 Å². The Morgan fingerprint density at radius 2 is 1.90 bits per heavy atom. The number of thiocarbonyl (C=S) groups is 1. The zero-order chi connectivity index (χ0) is 15.0. The predicted octanol–water partition coefficient (Wildman–Crippen LogP) is 2.57. The molecule has 0 aliphatic heterocycles. The van der Waals surface area contributed by atoms with Gasteiger partial charge in [-0.1, -0.05) is 56.4 Å². The first-order valence-corrected chi connectivity index (χ1v) is 7.53. The van der Waals surface area contributed by atoms with Crippen LogP contribution in [0.1, 0.15) is 32.3 Å². The summed E-state index contributed by atoms with van der Waals surface area (Å²) in [7, 11) is 0. The third kappa shape index (κ3) is 5.99. The molecular weight excluding hydrogens is 268 g/mol. The molecule has 3 N–H and O–H groups in total. The molecule has 3 nitrogen and oxygen atoms in total. The normalized spacial score (nSPS) is 11.8. The van der Waals surface area contributed by atoms with Crippen molar-refractivity contribution in [2.24, 2.45) is 11.1 Å². The molecule has 0 spiro atoms. The van der Waals surface area contributed by atoms with Gasteiger partial charge in [-0.15, -0.1) is 0 Å². The highest BCUT2D eigenvalue weighted by Crippen LogP contribution is 2.22. The van der Waals surface area contributed by atoms with Crippen LogP contribution in [-0.2, 0) is 6.54 Å². The van der Waals surface area contributed by atoms with Crippen molar-refractivity contribution in [3.05, 3.63) is 35.9 Å². The van der Waals surface area contributed by atoms with E-state index < -0.39 is 0 Å². The smallest absolute Gasteiger partial charge is 0.0784 e. The molecule has 0 bridgehead atoms. The van der Waals surface area contributed by atoms with Gasteiger partial charge in [0.1, 0.15) is 0 Å². The van der Waals surface area contributed by atoms with Crippen molar-refractivity contribution in [2.45, 2.75) is 33.2 Å². The Morgan fingerprint density at radius 3 is 2.45 bits per heavy atom. The van der Waals surface area contributed by atoms with Gasteiger partial charge in [0.05, 0.1) is 11.6 Å². The predicted molar refractivity (Wildman–Crippen MR) is 88.6 cm³/mol. The van der Waals surface area contributed by atoms with Crippen LogP contribution < -0.4 is 5.73 Å². The standard InChI is InChI=1S/C16H26N2OS/c1-16(2,15(17)20)9-6-10-18(11-12-19)13-14-7-4-3-5-8-14/h3-5,7-8,19H,6,9-13H2,1-2H3,(H2,17,20). The van der Waals surface area contributed by atoms with Gasteiger partial charge in [-0.05, 0) is 24.9 Å². The monoisotopic (exact) mass is 294 g/mol. The molecule has 0 aromatic heterocycles. The topological polar surface area (TPSA) is 49.5 Å². The summed E-state index contributed by atoms with van der Waals surface area (Å²) in [4.78, 5) is 2.85. The average molecular weight is 294 g/mol. The van der Waals surface area contributed by atoms with Crippen LogP contribution in [0.5, 0.6) is 0 Å². The van der Waals surface area contributed by atoms with Crippen LogP contribution in [0.25, 0.3) is 0 Å². The number of aliphatic hydroxyl groups is 1. The maximum absolute atomic E-state index is 9.18. The van der Waals surface area contributed by atoms with Crippen molar-refractivity contribution in [2.75, 3.05) is 19.7 Å². The molecule has 1 rings (SSSR count). The molecule has 20 heavy (non-hydrogen) atoms. The molecular formula is C16H26N2OS. The summed E-state index contributed by atoms with van der Waals surface area (Å²) in [5.74, 6) is 0. The van der Waals surface area contributed by atoms with E-state index in [-0.39, 0.29) is 12.0 Å². The molecule has 1 aromatic carbocycles. The molecule has 4 heteroatoms. The molecule has 0 radical (unpaired) electrons. The van der Waals surface area contributed by atoms with Gasteiger partial charge in [-0.3, -0.25) is 4.90 Å². The second-order valence-corrected chi connectivity index (χ2v) is 6.28. The Labute approximate surface area is 127 Å². The Balaban J connectivity index is 2.45. The fourth-order valence-electron chi connectivity index (χ4n) is 2.12. The number of nitrogens with zero attached hydrogens (tertiary/aromatic N) is 1. The molecule has 1 aromatic rings. The average Bonchev–Trinajstić information content (AvgIpc) is 2.39.